The predicted octanol–water partition coefficient (Wildman–Crippen LogP) is 1.41. The van der Waals surface area contributed by atoms with Crippen molar-refractivity contribution in [2.75, 3.05) is 6.54 Å². The number of carboxylic acid groups (broad SMARTS) is 1. The first-order valence-electron chi connectivity index (χ1n) is 5.21. The molecule has 0 radical (unpaired) electrons. The third-order valence-corrected chi connectivity index (χ3v) is 2.30. The van der Waals surface area contributed by atoms with E-state index in [1.165, 1.54) is 12.1 Å². The van der Waals surface area contributed by atoms with Crippen LogP contribution in [0.3, 0.4) is 0 Å². The first-order valence-corrected chi connectivity index (χ1v) is 5.21. The number of nitrogens with one attached hydrogen (secondary N) is 1. The minimum atomic E-state index is -1.31. The molecule has 0 amide bonds. The van der Waals surface area contributed by atoms with E-state index >= 15 is 0 Å². The molecule has 0 aliphatic heterocycles. The maximum absolute atomic E-state index is 11.1. The molecule has 0 aliphatic rings. The molecule has 18 heavy (non-hydrogen) atoms. The Labute approximate surface area is 104 Å². The molecule has 1 aromatic rings. The largest absolute Gasteiger partial charge is 0.477 e. The Balaban J connectivity index is 2.97. The maximum Gasteiger partial charge on any atom is 0.343 e. The number of terminal acetylenes is 1. The van der Waals surface area contributed by atoms with Gasteiger partial charge >= 0.3 is 5.97 Å². The first-order chi connectivity index (χ1) is 8.57. The zero-order chi connectivity index (χ0) is 13.5. The van der Waals surface area contributed by atoms with Crippen molar-refractivity contribution in [3.05, 3.63) is 39.4 Å². The van der Waals surface area contributed by atoms with E-state index in [1.807, 2.05) is 0 Å². The van der Waals surface area contributed by atoms with E-state index in [0.29, 0.717) is 18.5 Å². The summed E-state index contributed by atoms with van der Waals surface area (Å²) in [7, 11) is 0. The summed E-state index contributed by atoms with van der Waals surface area (Å²) in [5, 5.41) is 22.7. The van der Waals surface area contributed by atoms with Gasteiger partial charge < -0.3 is 10.4 Å². The number of rotatable bonds is 6. The SMILES string of the molecule is C#CCCNCc1cccc([N+](=O)[O-])c1C(=O)O. The highest BCUT2D eigenvalue weighted by Crippen LogP contribution is 2.22. The lowest BCUT2D eigenvalue weighted by atomic mass is 10.1. The molecule has 2 N–H and O–H groups in total. The van der Waals surface area contributed by atoms with Crippen LogP contribution in [0.4, 0.5) is 5.69 Å². The van der Waals surface area contributed by atoms with Gasteiger partial charge in [-0.1, -0.05) is 12.1 Å². The topological polar surface area (TPSA) is 92.5 Å². The fourth-order valence-electron chi connectivity index (χ4n) is 1.52. The van der Waals surface area contributed by atoms with Crippen LogP contribution in [0.15, 0.2) is 18.2 Å². The van der Waals surface area contributed by atoms with Crippen LogP contribution in [0.2, 0.25) is 0 Å². The van der Waals surface area contributed by atoms with Crippen molar-refractivity contribution in [2.24, 2.45) is 0 Å². The fraction of sp³-hybridized carbons (Fsp3) is 0.250. The molecule has 0 aromatic heterocycles. The van der Waals surface area contributed by atoms with Gasteiger partial charge in [-0.05, 0) is 5.56 Å². The Morgan fingerprint density at radius 2 is 2.28 bits per heavy atom. The lowest BCUT2D eigenvalue weighted by Gasteiger charge is -2.07. The number of hydrogen-bond acceptors (Lipinski definition) is 4. The van der Waals surface area contributed by atoms with Gasteiger partial charge in [0.2, 0.25) is 0 Å². The molecule has 0 bridgehead atoms. The average molecular weight is 248 g/mol. The van der Waals surface area contributed by atoms with Crippen LogP contribution >= 0.6 is 0 Å². The predicted molar refractivity (Wildman–Crippen MR) is 65.2 cm³/mol. The Morgan fingerprint density at radius 3 is 2.83 bits per heavy atom. The van der Waals surface area contributed by atoms with Crippen molar-refractivity contribution in [1.82, 2.24) is 5.32 Å². The summed E-state index contributed by atoms with van der Waals surface area (Å²) < 4.78 is 0. The Kier molecular flexibility index (Phi) is 4.84. The Hall–Kier alpha value is -2.39. The second-order valence-electron chi connectivity index (χ2n) is 3.50. The lowest BCUT2D eigenvalue weighted by molar-refractivity contribution is -0.385. The average Bonchev–Trinajstić information content (AvgIpc) is 2.33. The van der Waals surface area contributed by atoms with Gasteiger partial charge in [-0.3, -0.25) is 10.1 Å². The highest BCUT2D eigenvalue weighted by atomic mass is 16.6. The molecule has 0 fully saturated rings. The molecule has 94 valence electrons. The summed E-state index contributed by atoms with van der Waals surface area (Å²) in [6.45, 7) is 0.753. The van der Waals surface area contributed by atoms with Gasteiger partial charge in [0, 0.05) is 25.6 Å². The molecule has 0 atom stereocenters. The van der Waals surface area contributed by atoms with E-state index < -0.39 is 16.6 Å². The molecule has 0 aliphatic carbocycles. The zero-order valence-electron chi connectivity index (χ0n) is 9.55. The number of carboxylic acids is 1. The van der Waals surface area contributed by atoms with Gasteiger partial charge in [0.25, 0.3) is 5.69 Å². The smallest absolute Gasteiger partial charge is 0.343 e. The molecular weight excluding hydrogens is 236 g/mol. The molecule has 0 spiro atoms. The van der Waals surface area contributed by atoms with Gasteiger partial charge in [0.1, 0.15) is 5.56 Å². The third kappa shape index (κ3) is 3.30. The molecule has 0 heterocycles. The van der Waals surface area contributed by atoms with Gasteiger partial charge in [0.05, 0.1) is 4.92 Å². The molecular formula is C12H12N2O4. The lowest BCUT2D eigenvalue weighted by Crippen LogP contribution is -2.17. The fourth-order valence-corrected chi connectivity index (χ4v) is 1.52. The van der Waals surface area contributed by atoms with E-state index in [0.717, 1.165) is 0 Å². The molecule has 1 rings (SSSR count). The summed E-state index contributed by atoms with van der Waals surface area (Å²) in [6, 6.07) is 4.18. The normalized spacial score (nSPS) is 9.72. The van der Waals surface area contributed by atoms with E-state index in [2.05, 4.69) is 11.2 Å². The molecule has 6 heteroatoms. The van der Waals surface area contributed by atoms with Crippen LogP contribution in [0.5, 0.6) is 0 Å². The Bertz CT molecular complexity index is 505. The number of nitrogens with zero attached hydrogens (tertiary/aromatic N) is 1. The molecule has 1 aromatic carbocycles. The van der Waals surface area contributed by atoms with E-state index in [-0.39, 0.29) is 12.1 Å². The quantitative estimate of drug-likeness (QED) is 0.343. The molecule has 0 saturated carbocycles. The maximum atomic E-state index is 11.1. The number of carbonyl (C=O) groups is 1. The van der Waals surface area contributed by atoms with Crippen LogP contribution in [0.1, 0.15) is 22.3 Å². The second kappa shape index (κ2) is 6.37. The van der Waals surface area contributed by atoms with E-state index in [4.69, 9.17) is 11.5 Å². The summed E-state index contributed by atoms with van der Waals surface area (Å²) in [6.07, 6.45) is 5.59. The van der Waals surface area contributed by atoms with Gasteiger partial charge in [-0.25, -0.2) is 4.79 Å². The van der Waals surface area contributed by atoms with Crippen molar-refractivity contribution in [3.8, 4) is 12.3 Å². The standard InChI is InChI=1S/C12H12N2O4/c1-2-3-7-13-8-9-5-4-6-10(14(17)18)11(9)12(15)16/h1,4-6,13H,3,7-8H2,(H,15,16). The van der Waals surface area contributed by atoms with Gasteiger partial charge in [-0.15, -0.1) is 12.3 Å². The summed E-state index contributed by atoms with van der Waals surface area (Å²) in [5.74, 6) is 1.12. The van der Waals surface area contributed by atoms with Crippen LogP contribution in [-0.2, 0) is 6.54 Å². The highest BCUT2D eigenvalue weighted by molar-refractivity contribution is 5.94. The minimum absolute atomic E-state index is 0.227. The third-order valence-electron chi connectivity index (χ3n) is 2.30. The van der Waals surface area contributed by atoms with E-state index in [9.17, 15) is 14.9 Å². The van der Waals surface area contributed by atoms with Crippen molar-refractivity contribution >= 4 is 11.7 Å². The summed E-state index contributed by atoms with van der Waals surface area (Å²) in [5.41, 5.74) is -0.317. The van der Waals surface area contributed by atoms with E-state index in [1.54, 1.807) is 6.07 Å². The second-order valence-corrected chi connectivity index (χ2v) is 3.50. The molecule has 0 unspecified atom stereocenters. The van der Waals surface area contributed by atoms with Crippen molar-refractivity contribution in [3.63, 3.8) is 0 Å². The number of nitro groups is 1. The van der Waals surface area contributed by atoms with Crippen LogP contribution < -0.4 is 5.32 Å². The van der Waals surface area contributed by atoms with Crippen LogP contribution in [0, 0.1) is 22.5 Å². The minimum Gasteiger partial charge on any atom is -0.477 e. The van der Waals surface area contributed by atoms with Crippen molar-refractivity contribution in [1.29, 1.82) is 0 Å². The number of nitro benzene ring substituents is 1. The summed E-state index contributed by atoms with van der Waals surface area (Å²) in [4.78, 5) is 21.1. The number of hydrogen-bond donors (Lipinski definition) is 2. The Morgan fingerprint density at radius 1 is 1.56 bits per heavy atom. The monoisotopic (exact) mass is 248 g/mol. The van der Waals surface area contributed by atoms with Crippen molar-refractivity contribution < 1.29 is 14.8 Å². The van der Waals surface area contributed by atoms with Gasteiger partial charge in [0.15, 0.2) is 0 Å². The summed E-state index contributed by atoms with van der Waals surface area (Å²) >= 11 is 0. The van der Waals surface area contributed by atoms with Gasteiger partial charge in [-0.2, -0.15) is 0 Å². The highest BCUT2D eigenvalue weighted by Gasteiger charge is 2.22. The first kappa shape index (κ1) is 13.7. The number of benzene rings is 1. The molecule has 6 nitrogen and oxygen atoms in total. The van der Waals surface area contributed by atoms with Crippen LogP contribution in [-0.4, -0.2) is 22.5 Å². The number of aromatic carboxylic acids is 1. The zero-order valence-corrected chi connectivity index (χ0v) is 9.55. The van der Waals surface area contributed by atoms with Crippen molar-refractivity contribution in [2.45, 2.75) is 13.0 Å². The van der Waals surface area contributed by atoms with Crippen LogP contribution in [0.25, 0.3) is 0 Å². The molecule has 0 saturated heterocycles.